The number of hydrogen-bond acceptors (Lipinski definition) is 3. The molecule has 0 aromatic heterocycles. The number of rotatable bonds is 4. The highest BCUT2D eigenvalue weighted by molar-refractivity contribution is 9.10. The van der Waals surface area contributed by atoms with Gasteiger partial charge in [0.15, 0.2) is 5.25 Å². The number of hydrogen-bond donors (Lipinski definition) is 1. The Labute approximate surface area is 122 Å². The first-order valence-corrected chi connectivity index (χ1v) is 7.73. The van der Waals surface area contributed by atoms with Crippen molar-refractivity contribution in [1.82, 2.24) is 0 Å². The van der Waals surface area contributed by atoms with Crippen molar-refractivity contribution in [3.63, 3.8) is 0 Å². The second kappa shape index (κ2) is 6.01. The Kier molecular flexibility index (Phi) is 5.05. The minimum absolute atomic E-state index is 0.0337. The van der Waals surface area contributed by atoms with Crippen molar-refractivity contribution in [1.29, 1.82) is 5.26 Å². The van der Waals surface area contributed by atoms with Gasteiger partial charge in [0, 0.05) is 4.47 Å². The molecule has 1 aromatic carbocycles. The molecule has 20 heavy (non-hydrogen) atoms. The zero-order chi connectivity index (χ0) is 15.6. The summed E-state index contributed by atoms with van der Waals surface area (Å²) in [5.74, 6) is 0. The highest BCUT2D eigenvalue weighted by Crippen LogP contribution is 2.33. The van der Waals surface area contributed by atoms with Crippen molar-refractivity contribution in [2.24, 2.45) is 0 Å². The molecule has 0 aliphatic rings. The van der Waals surface area contributed by atoms with E-state index in [9.17, 15) is 21.6 Å². The van der Waals surface area contributed by atoms with Gasteiger partial charge < -0.3 is 0 Å². The van der Waals surface area contributed by atoms with Gasteiger partial charge in [0.05, 0.1) is 17.3 Å². The van der Waals surface area contributed by atoms with E-state index in [1.165, 1.54) is 13.0 Å². The highest BCUT2D eigenvalue weighted by Gasteiger charge is 2.32. The van der Waals surface area contributed by atoms with Crippen LogP contribution < -0.4 is 4.72 Å². The van der Waals surface area contributed by atoms with E-state index < -0.39 is 27.0 Å². The summed E-state index contributed by atoms with van der Waals surface area (Å²) in [7, 11) is -4.05. The number of alkyl halides is 3. The maximum Gasteiger partial charge on any atom is 0.416 e. The van der Waals surface area contributed by atoms with Crippen molar-refractivity contribution >= 4 is 31.6 Å². The van der Waals surface area contributed by atoms with Crippen molar-refractivity contribution < 1.29 is 21.6 Å². The van der Waals surface area contributed by atoms with Gasteiger partial charge >= 0.3 is 6.18 Å². The third kappa shape index (κ3) is 4.11. The van der Waals surface area contributed by atoms with Crippen LogP contribution in [-0.4, -0.2) is 13.7 Å². The summed E-state index contributed by atoms with van der Waals surface area (Å²) in [5, 5.41) is 7.40. The van der Waals surface area contributed by atoms with Gasteiger partial charge in [-0.25, -0.2) is 8.42 Å². The summed E-state index contributed by atoms with van der Waals surface area (Å²) < 4.78 is 63.5. The Hall–Kier alpha value is -1.27. The van der Waals surface area contributed by atoms with E-state index >= 15 is 0 Å². The lowest BCUT2D eigenvalue weighted by Gasteiger charge is -2.14. The molecule has 1 atom stereocenters. The maximum atomic E-state index is 12.6. The molecular weight excluding hydrogens is 361 g/mol. The maximum absolute atomic E-state index is 12.6. The van der Waals surface area contributed by atoms with Gasteiger partial charge in [-0.2, -0.15) is 18.4 Å². The highest BCUT2D eigenvalue weighted by atomic mass is 79.9. The molecule has 0 bridgehead atoms. The SMILES string of the molecule is CCC(C#N)S(=O)(=O)Nc1cc(Br)cc(C(F)(F)F)c1. The molecule has 0 spiro atoms. The van der Waals surface area contributed by atoms with E-state index in [4.69, 9.17) is 5.26 Å². The van der Waals surface area contributed by atoms with Gasteiger partial charge in [0.2, 0.25) is 10.0 Å². The monoisotopic (exact) mass is 370 g/mol. The average molecular weight is 371 g/mol. The minimum atomic E-state index is -4.59. The van der Waals surface area contributed by atoms with Gasteiger partial charge in [-0.15, -0.1) is 0 Å². The fraction of sp³-hybridized carbons (Fsp3) is 0.364. The van der Waals surface area contributed by atoms with Crippen LogP contribution in [0.2, 0.25) is 0 Å². The molecule has 9 heteroatoms. The summed E-state index contributed by atoms with van der Waals surface area (Å²) in [6, 6.07) is 4.28. The average Bonchev–Trinajstić information content (AvgIpc) is 2.27. The third-order valence-electron chi connectivity index (χ3n) is 2.37. The number of nitriles is 1. The Morgan fingerprint density at radius 3 is 2.45 bits per heavy atom. The number of sulfonamides is 1. The number of benzene rings is 1. The molecule has 0 radical (unpaired) electrons. The van der Waals surface area contributed by atoms with Gasteiger partial charge in [-0.05, 0) is 24.6 Å². The number of halogens is 4. The van der Waals surface area contributed by atoms with Crippen LogP contribution in [0.15, 0.2) is 22.7 Å². The van der Waals surface area contributed by atoms with E-state index in [-0.39, 0.29) is 16.6 Å². The molecular formula is C11H10BrF3N2O2S. The molecule has 0 saturated carbocycles. The van der Waals surface area contributed by atoms with Crippen LogP contribution in [0.5, 0.6) is 0 Å². The van der Waals surface area contributed by atoms with Crippen LogP contribution in [0.3, 0.4) is 0 Å². The lowest BCUT2D eigenvalue weighted by atomic mass is 10.2. The van der Waals surface area contributed by atoms with Crippen LogP contribution in [0.4, 0.5) is 18.9 Å². The van der Waals surface area contributed by atoms with Gasteiger partial charge in [-0.3, -0.25) is 4.72 Å². The second-order valence-electron chi connectivity index (χ2n) is 3.90. The fourth-order valence-corrected chi connectivity index (χ4v) is 3.09. The lowest BCUT2D eigenvalue weighted by Crippen LogP contribution is -2.26. The first-order valence-electron chi connectivity index (χ1n) is 5.39. The summed E-state index contributed by atoms with van der Waals surface area (Å²) in [5.41, 5.74) is -1.24. The third-order valence-corrected chi connectivity index (χ3v) is 4.54. The molecule has 0 amide bonds. The van der Waals surface area contributed by atoms with Crippen LogP contribution in [0.25, 0.3) is 0 Å². The molecule has 1 aromatic rings. The fourth-order valence-electron chi connectivity index (χ4n) is 1.43. The molecule has 1 rings (SSSR count). The van der Waals surface area contributed by atoms with E-state index in [1.54, 1.807) is 6.07 Å². The predicted molar refractivity (Wildman–Crippen MR) is 71.4 cm³/mol. The Morgan fingerprint density at radius 1 is 1.40 bits per heavy atom. The molecule has 0 aliphatic heterocycles. The Bertz CT molecular complexity index is 638. The van der Waals surface area contributed by atoms with Gasteiger partial charge in [-0.1, -0.05) is 22.9 Å². The van der Waals surface area contributed by atoms with Gasteiger partial charge in [0.1, 0.15) is 0 Å². The van der Waals surface area contributed by atoms with Crippen molar-refractivity contribution in [2.45, 2.75) is 24.8 Å². The second-order valence-corrected chi connectivity index (χ2v) is 6.68. The van der Waals surface area contributed by atoms with Crippen molar-refractivity contribution in [2.75, 3.05) is 4.72 Å². The molecule has 1 unspecified atom stereocenters. The minimum Gasteiger partial charge on any atom is -0.282 e. The zero-order valence-corrected chi connectivity index (χ0v) is 12.6. The standard InChI is InChI=1S/C11H10BrF3N2O2S/c1-2-10(6-16)20(18,19)17-9-4-7(11(13,14)15)3-8(12)5-9/h3-5,10,17H,2H2,1H3. The summed E-state index contributed by atoms with van der Waals surface area (Å²) >= 11 is 2.88. The molecule has 0 fully saturated rings. The van der Waals surface area contributed by atoms with Crippen molar-refractivity contribution in [3.05, 3.63) is 28.2 Å². The smallest absolute Gasteiger partial charge is 0.282 e. The summed E-state index contributed by atoms with van der Waals surface area (Å²) in [6.07, 6.45) is -4.56. The van der Waals surface area contributed by atoms with Crippen LogP contribution in [0, 0.1) is 11.3 Å². The first-order chi connectivity index (χ1) is 9.10. The molecule has 4 nitrogen and oxygen atoms in total. The molecule has 0 heterocycles. The normalized spacial score (nSPS) is 13.6. The summed E-state index contributed by atoms with van der Waals surface area (Å²) in [4.78, 5) is 0. The van der Waals surface area contributed by atoms with Crippen molar-refractivity contribution in [3.8, 4) is 6.07 Å². The van der Waals surface area contributed by atoms with Crippen LogP contribution >= 0.6 is 15.9 Å². The molecule has 0 aliphatic carbocycles. The largest absolute Gasteiger partial charge is 0.416 e. The number of nitrogens with one attached hydrogen (secondary N) is 1. The Balaban J connectivity index is 3.17. The molecule has 1 N–H and O–H groups in total. The molecule has 110 valence electrons. The van der Waals surface area contributed by atoms with Gasteiger partial charge in [0.25, 0.3) is 0 Å². The lowest BCUT2D eigenvalue weighted by molar-refractivity contribution is -0.137. The molecule has 0 saturated heterocycles. The van der Waals surface area contributed by atoms with E-state index in [0.717, 1.165) is 6.07 Å². The van der Waals surface area contributed by atoms with Crippen LogP contribution in [0.1, 0.15) is 18.9 Å². The quantitative estimate of drug-likeness (QED) is 0.881. The first kappa shape index (κ1) is 16.8. The topological polar surface area (TPSA) is 70.0 Å². The van der Waals surface area contributed by atoms with E-state index in [0.29, 0.717) is 6.07 Å². The van der Waals surface area contributed by atoms with E-state index in [2.05, 4.69) is 15.9 Å². The number of nitrogens with zero attached hydrogens (tertiary/aromatic N) is 1. The number of anilines is 1. The Morgan fingerprint density at radius 2 is 2.00 bits per heavy atom. The predicted octanol–water partition coefficient (Wildman–Crippen LogP) is 3.51. The summed E-state index contributed by atoms with van der Waals surface area (Å²) in [6.45, 7) is 1.50. The van der Waals surface area contributed by atoms with Crippen LogP contribution in [-0.2, 0) is 16.2 Å². The zero-order valence-electron chi connectivity index (χ0n) is 10.2. The van der Waals surface area contributed by atoms with E-state index in [1.807, 2.05) is 4.72 Å².